The molecule has 1 aromatic heterocycles. The molecule has 0 saturated heterocycles. The van der Waals surface area contributed by atoms with Crippen LogP contribution in [0.4, 0.5) is 4.39 Å². The quantitative estimate of drug-likeness (QED) is 0.559. The van der Waals surface area contributed by atoms with Crippen molar-refractivity contribution >= 4 is 33.2 Å². The highest BCUT2D eigenvalue weighted by molar-refractivity contribution is 7.88. The fourth-order valence-electron chi connectivity index (χ4n) is 2.23. The van der Waals surface area contributed by atoms with Crippen LogP contribution < -0.4 is 10.0 Å². The molecule has 0 bridgehead atoms. The minimum atomic E-state index is -3.25. The zero-order valence-corrected chi connectivity index (χ0v) is 16.9. The zero-order chi connectivity index (χ0) is 20.6. The van der Waals surface area contributed by atoms with Gasteiger partial charge in [-0.15, -0.1) is 11.3 Å². The average molecular weight is 429 g/mol. The van der Waals surface area contributed by atoms with Gasteiger partial charge in [-0.05, 0) is 42.7 Å². The van der Waals surface area contributed by atoms with Crippen LogP contribution in [-0.2, 0) is 32.4 Å². The molecule has 0 unspecified atom stereocenters. The third-order valence-corrected chi connectivity index (χ3v) is 5.44. The average Bonchev–Trinajstić information content (AvgIpc) is 3.09. The molecule has 0 atom stereocenters. The Balaban J connectivity index is 1.68. The summed E-state index contributed by atoms with van der Waals surface area (Å²) in [6, 6.07) is 9.28. The first-order valence-electron chi connectivity index (χ1n) is 8.44. The molecule has 0 spiro atoms. The van der Waals surface area contributed by atoms with Crippen molar-refractivity contribution in [1.29, 1.82) is 0 Å². The Morgan fingerprint density at radius 1 is 1.07 bits per heavy atom. The van der Waals surface area contributed by atoms with E-state index in [0.717, 1.165) is 16.7 Å². The summed E-state index contributed by atoms with van der Waals surface area (Å²) in [5.74, 6) is -1.35. The smallest absolute Gasteiger partial charge is 0.348 e. The summed E-state index contributed by atoms with van der Waals surface area (Å²) >= 11 is 1.19. The van der Waals surface area contributed by atoms with Gasteiger partial charge in [-0.1, -0.05) is 12.1 Å². The second-order valence-corrected chi connectivity index (χ2v) is 8.99. The van der Waals surface area contributed by atoms with Gasteiger partial charge in [0.15, 0.2) is 6.61 Å². The normalized spacial score (nSPS) is 11.2. The molecule has 0 aliphatic carbocycles. The van der Waals surface area contributed by atoms with E-state index in [-0.39, 0.29) is 12.4 Å². The first-order valence-corrected chi connectivity index (χ1v) is 11.2. The molecule has 152 valence electrons. The lowest BCUT2D eigenvalue weighted by molar-refractivity contribution is -0.124. The molecule has 0 aliphatic heterocycles. The van der Waals surface area contributed by atoms with Gasteiger partial charge < -0.3 is 10.1 Å². The van der Waals surface area contributed by atoms with Crippen LogP contribution in [0.25, 0.3) is 0 Å². The molecule has 2 rings (SSSR count). The molecule has 28 heavy (non-hydrogen) atoms. The van der Waals surface area contributed by atoms with Crippen molar-refractivity contribution in [2.24, 2.45) is 0 Å². The van der Waals surface area contributed by atoms with Crippen LogP contribution >= 0.6 is 11.3 Å². The van der Waals surface area contributed by atoms with Crippen molar-refractivity contribution in [1.82, 2.24) is 10.0 Å². The second kappa shape index (κ2) is 10.3. The summed E-state index contributed by atoms with van der Waals surface area (Å²) < 4.78 is 42.2. The Hall–Kier alpha value is -2.30. The topological polar surface area (TPSA) is 102 Å². The van der Waals surface area contributed by atoms with Crippen molar-refractivity contribution in [3.63, 3.8) is 0 Å². The van der Waals surface area contributed by atoms with Crippen molar-refractivity contribution in [2.75, 3.05) is 26.0 Å². The number of benzene rings is 1. The maximum atomic E-state index is 12.8. The van der Waals surface area contributed by atoms with E-state index in [0.29, 0.717) is 24.3 Å². The molecule has 2 aromatic rings. The first-order chi connectivity index (χ1) is 13.2. The van der Waals surface area contributed by atoms with Gasteiger partial charge in [-0.25, -0.2) is 22.3 Å². The zero-order valence-electron chi connectivity index (χ0n) is 15.2. The summed E-state index contributed by atoms with van der Waals surface area (Å²) in [4.78, 5) is 24.9. The van der Waals surface area contributed by atoms with E-state index < -0.39 is 28.5 Å². The summed E-state index contributed by atoms with van der Waals surface area (Å²) in [5.41, 5.74) is 0.884. The number of esters is 1. The highest BCUT2D eigenvalue weighted by atomic mass is 32.2. The Labute approximate surface area is 167 Å². The minimum absolute atomic E-state index is 0.240. The number of hydrogen-bond donors (Lipinski definition) is 2. The number of carbonyl (C=O) groups is 2. The molecule has 0 saturated carbocycles. The highest BCUT2D eigenvalue weighted by Crippen LogP contribution is 2.17. The predicted molar refractivity (Wildman–Crippen MR) is 104 cm³/mol. The van der Waals surface area contributed by atoms with Gasteiger partial charge in [-0.2, -0.15) is 0 Å². The second-order valence-electron chi connectivity index (χ2n) is 5.99. The van der Waals surface area contributed by atoms with Gasteiger partial charge in [0, 0.05) is 18.0 Å². The lowest BCUT2D eigenvalue weighted by atomic mass is 10.1. The SMILES string of the molecule is CS(=O)(=O)NCCc1ccc(C(=O)OCC(=O)NCCc2ccc(F)cc2)s1. The number of rotatable bonds is 10. The Kier molecular flexibility index (Phi) is 8.09. The Morgan fingerprint density at radius 2 is 1.79 bits per heavy atom. The number of ether oxygens (including phenoxy) is 1. The first kappa shape index (κ1) is 22.0. The standard InChI is InChI=1S/C18H21FN2O5S2/c1-28(24,25)21-11-9-15-6-7-16(27-15)18(23)26-12-17(22)20-10-8-13-2-4-14(19)5-3-13/h2-7,21H,8-12H2,1H3,(H,20,22). The van der Waals surface area contributed by atoms with E-state index in [1.165, 1.54) is 23.5 Å². The molecule has 0 radical (unpaired) electrons. The summed E-state index contributed by atoms with van der Waals surface area (Å²) in [6.07, 6.45) is 2.07. The van der Waals surface area contributed by atoms with Crippen LogP contribution in [0, 0.1) is 5.82 Å². The van der Waals surface area contributed by atoms with Gasteiger partial charge in [-0.3, -0.25) is 4.79 Å². The lowest BCUT2D eigenvalue weighted by Crippen LogP contribution is -2.30. The fraction of sp³-hybridized carbons (Fsp3) is 0.333. The number of halogens is 1. The number of thiophene rings is 1. The van der Waals surface area contributed by atoms with Gasteiger partial charge in [0.25, 0.3) is 5.91 Å². The molecule has 2 N–H and O–H groups in total. The number of hydrogen-bond acceptors (Lipinski definition) is 6. The maximum Gasteiger partial charge on any atom is 0.348 e. The van der Waals surface area contributed by atoms with E-state index in [2.05, 4.69) is 10.0 Å². The number of nitrogens with one attached hydrogen (secondary N) is 2. The third-order valence-electron chi connectivity index (χ3n) is 3.58. The van der Waals surface area contributed by atoms with Crippen LogP contribution in [0.15, 0.2) is 36.4 Å². The Morgan fingerprint density at radius 3 is 2.46 bits per heavy atom. The molecular weight excluding hydrogens is 407 g/mol. The molecule has 0 aliphatic rings. The summed E-state index contributed by atoms with van der Waals surface area (Å²) in [7, 11) is -3.25. The number of amides is 1. The Bertz CT molecular complexity index is 910. The molecule has 7 nitrogen and oxygen atoms in total. The maximum absolute atomic E-state index is 12.8. The number of sulfonamides is 1. The minimum Gasteiger partial charge on any atom is -0.451 e. The van der Waals surface area contributed by atoms with Crippen molar-refractivity contribution in [3.05, 3.63) is 57.5 Å². The van der Waals surface area contributed by atoms with Crippen LogP contribution in [0.1, 0.15) is 20.1 Å². The molecule has 1 aromatic carbocycles. The van der Waals surface area contributed by atoms with Crippen molar-refractivity contribution < 1.29 is 27.1 Å². The number of carbonyl (C=O) groups excluding carboxylic acids is 2. The van der Waals surface area contributed by atoms with E-state index in [1.54, 1.807) is 24.3 Å². The molecule has 1 amide bonds. The highest BCUT2D eigenvalue weighted by Gasteiger charge is 2.13. The predicted octanol–water partition coefficient (Wildman–Crippen LogP) is 1.49. The van der Waals surface area contributed by atoms with Crippen molar-refractivity contribution in [3.8, 4) is 0 Å². The van der Waals surface area contributed by atoms with E-state index in [4.69, 9.17) is 4.74 Å². The van der Waals surface area contributed by atoms with E-state index >= 15 is 0 Å². The van der Waals surface area contributed by atoms with E-state index in [9.17, 15) is 22.4 Å². The van der Waals surface area contributed by atoms with Crippen molar-refractivity contribution in [2.45, 2.75) is 12.8 Å². The molecule has 1 heterocycles. The third kappa shape index (κ3) is 8.15. The molecule has 10 heteroatoms. The van der Waals surface area contributed by atoms with Gasteiger partial charge >= 0.3 is 5.97 Å². The van der Waals surface area contributed by atoms with Crippen LogP contribution in [0.5, 0.6) is 0 Å². The summed E-state index contributed by atoms with van der Waals surface area (Å²) in [6.45, 7) is 0.188. The molecule has 0 fully saturated rings. The van der Waals surface area contributed by atoms with Crippen LogP contribution in [0.2, 0.25) is 0 Å². The monoisotopic (exact) mass is 428 g/mol. The van der Waals surface area contributed by atoms with E-state index in [1.807, 2.05) is 0 Å². The largest absolute Gasteiger partial charge is 0.451 e. The van der Waals surface area contributed by atoms with Gasteiger partial charge in [0.1, 0.15) is 10.7 Å². The molecular formula is C18H21FN2O5S2. The summed E-state index contributed by atoms with van der Waals surface area (Å²) in [5, 5.41) is 2.63. The fourth-order valence-corrected chi connectivity index (χ4v) is 3.61. The van der Waals surface area contributed by atoms with Gasteiger partial charge in [0.05, 0.1) is 6.26 Å². The van der Waals surface area contributed by atoms with Crippen LogP contribution in [-0.4, -0.2) is 46.2 Å². The van der Waals surface area contributed by atoms with Crippen LogP contribution in [0.3, 0.4) is 0 Å². The lowest BCUT2D eigenvalue weighted by Gasteiger charge is -2.06. The van der Waals surface area contributed by atoms with Gasteiger partial charge in [0.2, 0.25) is 10.0 Å².